The zero-order chi connectivity index (χ0) is 34.5. The number of hydrogen-bond donors (Lipinski definition) is 1. The summed E-state index contributed by atoms with van der Waals surface area (Å²) < 4.78 is 20.7. The predicted octanol–water partition coefficient (Wildman–Crippen LogP) is 4.75. The van der Waals surface area contributed by atoms with Gasteiger partial charge in [0.15, 0.2) is 12.4 Å². The lowest BCUT2D eigenvalue weighted by Crippen LogP contribution is -2.53. The van der Waals surface area contributed by atoms with Crippen molar-refractivity contribution < 1.29 is 42.9 Å². The molecule has 3 atom stereocenters. The third kappa shape index (κ3) is 10.5. The van der Waals surface area contributed by atoms with Crippen molar-refractivity contribution in [2.45, 2.75) is 65.1 Å². The van der Waals surface area contributed by atoms with Crippen LogP contribution in [0.25, 0.3) is 0 Å². The molecule has 13 heteroatoms. The van der Waals surface area contributed by atoms with Crippen LogP contribution in [0, 0.1) is 0 Å². The number of ether oxygens (including phenoxy) is 4. The number of benzene rings is 2. The maximum absolute atomic E-state index is 13.7. The van der Waals surface area contributed by atoms with Crippen LogP contribution in [0.5, 0.6) is 5.75 Å². The minimum absolute atomic E-state index is 0.0275. The summed E-state index contributed by atoms with van der Waals surface area (Å²) in [6.45, 7) is 6.71. The van der Waals surface area contributed by atoms with E-state index in [-0.39, 0.29) is 60.8 Å². The van der Waals surface area contributed by atoms with Gasteiger partial charge in [0.05, 0.1) is 30.9 Å². The number of esters is 3. The van der Waals surface area contributed by atoms with Gasteiger partial charge in [0, 0.05) is 18.5 Å². The highest BCUT2D eigenvalue weighted by Gasteiger charge is 2.40. The molecule has 1 N–H and O–H groups in total. The van der Waals surface area contributed by atoms with Gasteiger partial charge in [-0.15, -0.1) is 0 Å². The van der Waals surface area contributed by atoms with E-state index in [0.29, 0.717) is 18.4 Å². The fourth-order valence-electron chi connectivity index (χ4n) is 5.06. The van der Waals surface area contributed by atoms with E-state index in [0.717, 1.165) is 5.56 Å². The van der Waals surface area contributed by atoms with E-state index in [9.17, 15) is 24.0 Å². The Labute approximate surface area is 284 Å². The molecule has 0 radical (unpaired) electrons. The van der Waals surface area contributed by atoms with Gasteiger partial charge in [0.1, 0.15) is 22.9 Å². The number of nitrogens with one attached hydrogen (secondary N) is 1. The first-order chi connectivity index (χ1) is 22.5. The molecule has 0 aromatic heterocycles. The number of allylic oxidation sites excluding steroid dienone is 1. The van der Waals surface area contributed by atoms with Crippen LogP contribution in [0.4, 0.5) is 0 Å². The summed E-state index contributed by atoms with van der Waals surface area (Å²) in [6.07, 6.45) is 2.34. The lowest BCUT2D eigenvalue weighted by molar-refractivity contribution is -0.154. The summed E-state index contributed by atoms with van der Waals surface area (Å²) in [5.41, 5.74) is 1.59. The largest absolute Gasteiger partial charge is 0.480 e. The Morgan fingerprint density at radius 2 is 1.62 bits per heavy atom. The van der Waals surface area contributed by atoms with Crippen molar-refractivity contribution in [2.24, 2.45) is 0 Å². The van der Waals surface area contributed by atoms with Gasteiger partial charge < -0.3 is 23.8 Å². The molecule has 3 rings (SSSR count). The Morgan fingerprint density at radius 3 is 2.28 bits per heavy atom. The zero-order valence-corrected chi connectivity index (χ0v) is 28.4. The lowest BCUT2D eigenvalue weighted by atomic mass is 10.0. The number of carbonyl (C=O) groups excluding carboxylic acids is 5. The summed E-state index contributed by atoms with van der Waals surface area (Å²) in [6, 6.07) is 9.83. The Kier molecular flexibility index (Phi) is 14.7. The van der Waals surface area contributed by atoms with E-state index >= 15 is 0 Å². The average molecular weight is 692 g/mol. The molecule has 1 amide bonds. The Morgan fingerprint density at radius 1 is 0.936 bits per heavy atom. The normalized spacial score (nSPS) is 16.3. The number of nitrogens with zero attached hydrogens (tertiary/aromatic N) is 1. The molecule has 2 aromatic carbocycles. The van der Waals surface area contributed by atoms with Crippen molar-refractivity contribution >= 4 is 52.8 Å². The van der Waals surface area contributed by atoms with Crippen molar-refractivity contribution in [3.8, 4) is 5.75 Å². The fourth-order valence-corrected chi connectivity index (χ4v) is 5.53. The summed E-state index contributed by atoms with van der Waals surface area (Å²) in [5.74, 6) is -2.54. The molecule has 1 saturated heterocycles. The van der Waals surface area contributed by atoms with Gasteiger partial charge in [-0.2, -0.15) is 0 Å². The zero-order valence-electron chi connectivity index (χ0n) is 26.9. The minimum atomic E-state index is -0.978. The van der Waals surface area contributed by atoms with E-state index < -0.39 is 47.7 Å². The number of likely N-dealkylation sites (tertiary alicyclic amines) is 1. The van der Waals surface area contributed by atoms with Crippen LogP contribution in [0.15, 0.2) is 54.1 Å². The molecule has 1 aliphatic rings. The molecule has 2 aromatic rings. The van der Waals surface area contributed by atoms with Crippen molar-refractivity contribution in [2.75, 3.05) is 33.0 Å². The van der Waals surface area contributed by atoms with Crippen LogP contribution in [-0.2, 0) is 39.8 Å². The smallest absolute Gasteiger partial charge is 0.344 e. The summed E-state index contributed by atoms with van der Waals surface area (Å²) in [4.78, 5) is 65.8. The Hall–Kier alpha value is -3.93. The molecule has 1 heterocycles. The van der Waals surface area contributed by atoms with Gasteiger partial charge in [-0.1, -0.05) is 53.5 Å². The minimum Gasteiger partial charge on any atom is -0.480 e. The van der Waals surface area contributed by atoms with Gasteiger partial charge in [0.2, 0.25) is 5.91 Å². The molecule has 11 nitrogen and oxygen atoms in total. The van der Waals surface area contributed by atoms with Gasteiger partial charge in [0.25, 0.3) is 0 Å². The highest BCUT2D eigenvalue weighted by molar-refractivity contribution is 6.45. The van der Waals surface area contributed by atoms with Crippen LogP contribution in [-0.4, -0.2) is 85.6 Å². The van der Waals surface area contributed by atoms with Crippen LogP contribution in [0.2, 0.25) is 10.0 Å². The summed E-state index contributed by atoms with van der Waals surface area (Å²) in [5, 5.41) is 2.95. The average Bonchev–Trinajstić information content (AvgIpc) is 3.47. The molecule has 1 fully saturated rings. The quantitative estimate of drug-likeness (QED) is 0.114. The van der Waals surface area contributed by atoms with Crippen LogP contribution in [0.3, 0.4) is 0 Å². The van der Waals surface area contributed by atoms with Crippen molar-refractivity contribution in [3.05, 3.63) is 75.3 Å². The van der Waals surface area contributed by atoms with Crippen molar-refractivity contribution in [1.29, 1.82) is 0 Å². The topological polar surface area (TPSA) is 138 Å². The molecule has 0 bridgehead atoms. The number of amides is 1. The number of ketones is 1. The number of hydrogen-bond acceptors (Lipinski definition) is 10. The number of halogens is 2. The monoisotopic (exact) mass is 690 g/mol. The number of carbonyl (C=O) groups is 5. The van der Waals surface area contributed by atoms with E-state index in [4.69, 9.17) is 42.1 Å². The summed E-state index contributed by atoms with van der Waals surface area (Å²) >= 11 is 12.7. The van der Waals surface area contributed by atoms with E-state index in [1.54, 1.807) is 27.7 Å². The maximum atomic E-state index is 13.7. The Bertz CT molecular complexity index is 1460. The van der Waals surface area contributed by atoms with Crippen molar-refractivity contribution in [1.82, 2.24) is 10.2 Å². The highest BCUT2D eigenvalue weighted by Crippen LogP contribution is 2.36. The fraction of sp³-hybridized carbons (Fsp3) is 0.441. The molecule has 1 aliphatic heterocycles. The third-order valence-corrected chi connectivity index (χ3v) is 8.17. The molecule has 47 heavy (non-hydrogen) atoms. The molecule has 254 valence electrons. The van der Waals surface area contributed by atoms with Gasteiger partial charge in [-0.05, 0) is 69.9 Å². The molecule has 0 spiro atoms. The first kappa shape index (κ1) is 37.5. The predicted molar refractivity (Wildman–Crippen MR) is 176 cm³/mol. The highest BCUT2D eigenvalue weighted by atomic mass is 35.5. The van der Waals surface area contributed by atoms with E-state index in [1.165, 1.54) is 23.1 Å². The van der Waals surface area contributed by atoms with Gasteiger partial charge in [-0.3, -0.25) is 19.7 Å². The molecule has 0 aliphatic carbocycles. The van der Waals surface area contributed by atoms with E-state index in [1.807, 2.05) is 30.3 Å². The second-order valence-electron chi connectivity index (χ2n) is 10.7. The molecule has 1 unspecified atom stereocenters. The third-order valence-electron chi connectivity index (χ3n) is 7.30. The Balaban J connectivity index is 1.78. The van der Waals surface area contributed by atoms with Gasteiger partial charge >= 0.3 is 17.9 Å². The SMILES string of the molecule is CCOC(=O)COc1ccc(C(=O)/C=C2\CC(C(=O)OCC)N(C(=O)[C@H](C)N[C@@H](CCc3ccccc3)C(=O)OCC)C2)c(Cl)c1Cl. The van der Waals surface area contributed by atoms with Crippen LogP contribution < -0.4 is 10.1 Å². The first-order valence-corrected chi connectivity index (χ1v) is 16.2. The van der Waals surface area contributed by atoms with Crippen LogP contribution in [0.1, 0.15) is 56.5 Å². The van der Waals surface area contributed by atoms with Crippen LogP contribution >= 0.6 is 23.2 Å². The molecular weight excluding hydrogens is 651 g/mol. The molecular formula is C34H40Cl2N2O9. The number of rotatable bonds is 16. The van der Waals surface area contributed by atoms with E-state index in [2.05, 4.69) is 5.32 Å². The standard InChI is InChI=1S/C34H40Cl2N2O9/c1-5-44-29(40)20-47-28-16-14-24(30(35)31(28)36)27(39)18-23-17-26(34(43)46-7-3)38(19-23)32(41)21(4)37-25(33(42)45-6-2)15-13-22-11-9-8-10-12-22/h8-12,14,16,18,21,25-26,37H,5-7,13,15,17,19-20H2,1-4H3/b23-18+/t21-,25-,26?/m0/s1. The second kappa shape index (κ2) is 18.4. The number of aryl methyl sites for hydroxylation is 1. The summed E-state index contributed by atoms with van der Waals surface area (Å²) in [7, 11) is 0. The maximum Gasteiger partial charge on any atom is 0.344 e. The lowest BCUT2D eigenvalue weighted by Gasteiger charge is -2.28. The first-order valence-electron chi connectivity index (χ1n) is 15.4. The van der Waals surface area contributed by atoms with Crippen molar-refractivity contribution in [3.63, 3.8) is 0 Å². The second-order valence-corrected chi connectivity index (χ2v) is 11.4. The van der Waals surface area contributed by atoms with Gasteiger partial charge in [-0.25, -0.2) is 9.59 Å². The molecule has 0 saturated carbocycles.